The fraction of sp³-hybridized carbons (Fsp3) is 0.533. The van der Waals surface area contributed by atoms with E-state index >= 15 is 0 Å². The smallest absolute Gasteiger partial charge is 0.103 e. The normalized spacial score (nSPS) is 16.4. The summed E-state index contributed by atoms with van der Waals surface area (Å²) in [5.74, 6) is 1.64. The maximum Gasteiger partial charge on any atom is 0.103 e. The first-order valence-corrected chi connectivity index (χ1v) is 7.89. The van der Waals surface area contributed by atoms with Gasteiger partial charge in [0.25, 0.3) is 0 Å². The van der Waals surface area contributed by atoms with Gasteiger partial charge in [-0.25, -0.2) is 0 Å². The van der Waals surface area contributed by atoms with Crippen LogP contribution in [0.4, 0.5) is 5.69 Å². The Hall–Kier alpha value is -1.18. The number of hydrogen-bond acceptors (Lipinski definition) is 4. The average molecular weight is 275 g/mol. The maximum atomic E-state index is 9.44. The van der Waals surface area contributed by atoms with Gasteiger partial charge in [0.15, 0.2) is 0 Å². The molecule has 1 aromatic rings. The van der Waals surface area contributed by atoms with E-state index < -0.39 is 0 Å². The highest BCUT2D eigenvalue weighted by molar-refractivity contribution is 7.99. The molecule has 0 radical (unpaired) electrons. The van der Waals surface area contributed by atoms with E-state index in [1.54, 1.807) is 11.8 Å². The summed E-state index contributed by atoms with van der Waals surface area (Å²) in [5.41, 5.74) is 7.66. The Balaban J connectivity index is 2.21. The molecule has 2 rings (SSSR count). The Morgan fingerprint density at radius 1 is 1.42 bits per heavy atom. The van der Waals surface area contributed by atoms with Crippen molar-refractivity contribution in [1.82, 2.24) is 0 Å². The third-order valence-corrected chi connectivity index (χ3v) is 4.64. The van der Waals surface area contributed by atoms with Crippen LogP contribution in [0.1, 0.15) is 25.3 Å². The summed E-state index contributed by atoms with van der Waals surface area (Å²) >= 11 is 1.74. The van der Waals surface area contributed by atoms with E-state index in [1.807, 2.05) is 6.07 Å². The van der Waals surface area contributed by atoms with E-state index in [2.05, 4.69) is 30.0 Å². The second kappa shape index (κ2) is 6.83. The minimum Gasteiger partial charge on any atom is -0.370 e. The zero-order chi connectivity index (χ0) is 13.7. The fourth-order valence-corrected chi connectivity index (χ4v) is 3.36. The van der Waals surface area contributed by atoms with Gasteiger partial charge in [0.2, 0.25) is 0 Å². The van der Waals surface area contributed by atoms with Crippen LogP contribution in [0.2, 0.25) is 0 Å². The molecule has 3 nitrogen and oxygen atoms in total. The summed E-state index contributed by atoms with van der Waals surface area (Å²) in [4.78, 5) is 3.44. The van der Waals surface area contributed by atoms with Crippen molar-refractivity contribution in [3.05, 3.63) is 23.8 Å². The van der Waals surface area contributed by atoms with Gasteiger partial charge in [0, 0.05) is 18.0 Å². The lowest BCUT2D eigenvalue weighted by Gasteiger charge is -2.33. The Kier molecular flexibility index (Phi) is 5.12. The molecule has 1 heterocycles. The van der Waals surface area contributed by atoms with Crippen LogP contribution in [-0.2, 0) is 0 Å². The molecule has 2 N–H and O–H groups in total. The fourth-order valence-electron chi connectivity index (χ4n) is 2.58. The zero-order valence-electron chi connectivity index (χ0n) is 11.4. The molecule has 0 unspecified atom stereocenters. The molecule has 0 bridgehead atoms. The number of nitrogens with zero attached hydrogens (tertiary/aromatic N) is 2. The van der Waals surface area contributed by atoms with Crippen molar-refractivity contribution in [2.24, 2.45) is 11.7 Å². The molecule has 19 heavy (non-hydrogen) atoms. The van der Waals surface area contributed by atoms with Crippen molar-refractivity contribution in [2.45, 2.75) is 24.7 Å². The number of rotatable bonds is 4. The lowest BCUT2D eigenvalue weighted by molar-refractivity contribution is 0.414. The number of hydrogen-bond donors (Lipinski definition) is 1. The third kappa shape index (κ3) is 3.23. The van der Waals surface area contributed by atoms with Gasteiger partial charge in [-0.3, -0.25) is 0 Å². The van der Waals surface area contributed by atoms with Crippen molar-refractivity contribution in [2.75, 3.05) is 30.3 Å². The van der Waals surface area contributed by atoms with Gasteiger partial charge in [-0.15, -0.1) is 11.8 Å². The minimum absolute atomic E-state index is 0.648. The second-order valence-electron chi connectivity index (χ2n) is 4.86. The number of nitrogens with two attached hydrogens (primary N) is 1. The average Bonchev–Trinajstić information content (AvgIpc) is 2.47. The zero-order valence-corrected chi connectivity index (χ0v) is 12.2. The first kappa shape index (κ1) is 14.2. The summed E-state index contributed by atoms with van der Waals surface area (Å²) in [5, 5.41) is 9.44. The summed E-state index contributed by atoms with van der Waals surface area (Å²) in [6.45, 7) is 4.92. The monoisotopic (exact) mass is 275 g/mol. The van der Waals surface area contributed by atoms with Crippen LogP contribution in [0.25, 0.3) is 0 Å². The molecule has 1 fully saturated rings. The van der Waals surface area contributed by atoms with E-state index in [0.717, 1.165) is 54.4 Å². The molecule has 0 spiro atoms. The molecule has 102 valence electrons. The van der Waals surface area contributed by atoms with E-state index in [-0.39, 0.29) is 0 Å². The quantitative estimate of drug-likeness (QED) is 0.859. The van der Waals surface area contributed by atoms with Gasteiger partial charge in [-0.05, 0) is 43.2 Å². The maximum absolute atomic E-state index is 9.44. The Morgan fingerprint density at radius 2 is 2.16 bits per heavy atom. The van der Waals surface area contributed by atoms with Crippen molar-refractivity contribution in [3.63, 3.8) is 0 Å². The predicted molar refractivity (Wildman–Crippen MR) is 81.5 cm³/mol. The van der Waals surface area contributed by atoms with Crippen molar-refractivity contribution in [3.8, 4) is 6.07 Å². The Bertz CT molecular complexity index is 459. The first-order chi connectivity index (χ1) is 9.30. The van der Waals surface area contributed by atoms with Gasteiger partial charge >= 0.3 is 0 Å². The van der Waals surface area contributed by atoms with Crippen LogP contribution in [0.5, 0.6) is 0 Å². The molecule has 0 amide bonds. The van der Waals surface area contributed by atoms with Crippen LogP contribution in [0.15, 0.2) is 23.1 Å². The van der Waals surface area contributed by atoms with E-state index in [1.165, 1.54) is 0 Å². The highest BCUT2D eigenvalue weighted by atomic mass is 32.2. The Labute approximate surface area is 119 Å². The van der Waals surface area contributed by atoms with E-state index in [9.17, 15) is 5.26 Å². The van der Waals surface area contributed by atoms with Gasteiger partial charge < -0.3 is 10.6 Å². The molecule has 0 aromatic heterocycles. The molecule has 4 heteroatoms. The summed E-state index contributed by atoms with van der Waals surface area (Å²) in [7, 11) is 0. The van der Waals surface area contributed by atoms with Crippen LogP contribution >= 0.6 is 11.8 Å². The number of anilines is 1. The van der Waals surface area contributed by atoms with Crippen molar-refractivity contribution >= 4 is 17.4 Å². The summed E-state index contributed by atoms with van der Waals surface area (Å²) in [6.07, 6.45) is 2.26. The van der Waals surface area contributed by atoms with Crippen molar-refractivity contribution in [1.29, 1.82) is 5.26 Å². The number of nitriles is 1. The summed E-state index contributed by atoms with van der Waals surface area (Å²) < 4.78 is 0. The topological polar surface area (TPSA) is 53.0 Å². The van der Waals surface area contributed by atoms with Gasteiger partial charge in [-0.1, -0.05) is 13.0 Å². The number of piperidine rings is 1. The van der Waals surface area contributed by atoms with E-state index in [0.29, 0.717) is 5.92 Å². The van der Waals surface area contributed by atoms with Crippen LogP contribution in [0.3, 0.4) is 0 Å². The van der Waals surface area contributed by atoms with Crippen LogP contribution < -0.4 is 10.6 Å². The van der Waals surface area contributed by atoms with Crippen LogP contribution in [-0.4, -0.2) is 25.4 Å². The highest BCUT2D eigenvalue weighted by Crippen LogP contribution is 2.32. The molecule has 1 saturated heterocycles. The first-order valence-electron chi connectivity index (χ1n) is 6.91. The number of thioether (sulfide) groups is 1. The standard InChI is InChI=1S/C15H21N3S/c1-2-19-15-5-3-4-14(13(15)11-17)18-8-6-12(10-16)7-9-18/h3-5,12H,2,6-10,16H2,1H3. The van der Waals surface area contributed by atoms with Gasteiger partial charge in [-0.2, -0.15) is 5.26 Å². The molecule has 1 aliphatic rings. The number of benzene rings is 1. The minimum atomic E-state index is 0.648. The molecule has 0 saturated carbocycles. The van der Waals surface area contributed by atoms with Gasteiger partial charge in [0.1, 0.15) is 6.07 Å². The van der Waals surface area contributed by atoms with Crippen LogP contribution in [0, 0.1) is 17.2 Å². The molecular weight excluding hydrogens is 254 g/mol. The predicted octanol–water partition coefficient (Wildman–Crippen LogP) is 2.85. The largest absolute Gasteiger partial charge is 0.370 e. The molecule has 1 aliphatic heterocycles. The molecule has 0 atom stereocenters. The molecule has 0 aliphatic carbocycles. The van der Waals surface area contributed by atoms with E-state index in [4.69, 9.17) is 5.73 Å². The van der Waals surface area contributed by atoms with Gasteiger partial charge in [0.05, 0.1) is 11.3 Å². The highest BCUT2D eigenvalue weighted by Gasteiger charge is 2.21. The SMILES string of the molecule is CCSc1cccc(N2CCC(CN)CC2)c1C#N. The third-order valence-electron chi connectivity index (χ3n) is 3.70. The molecular formula is C15H21N3S. The lowest BCUT2D eigenvalue weighted by atomic mass is 9.96. The Morgan fingerprint density at radius 3 is 2.74 bits per heavy atom. The lowest BCUT2D eigenvalue weighted by Crippen LogP contribution is -2.36. The second-order valence-corrected chi connectivity index (χ2v) is 6.17. The summed E-state index contributed by atoms with van der Waals surface area (Å²) in [6, 6.07) is 8.56. The molecule has 1 aromatic carbocycles. The van der Waals surface area contributed by atoms with Crippen molar-refractivity contribution < 1.29 is 0 Å².